The molecule has 126 valence electrons. The molecule has 9 heteroatoms. The van der Waals surface area contributed by atoms with Gasteiger partial charge in [-0.3, -0.25) is 14.4 Å². The molecule has 0 aromatic heterocycles. The molecule has 9 nitrogen and oxygen atoms in total. The van der Waals surface area contributed by atoms with E-state index in [1.54, 1.807) is 0 Å². The number of esters is 1. The second kappa shape index (κ2) is 7.21. The van der Waals surface area contributed by atoms with Gasteiger partial charge < -0.3 is 25.2 Å². The van der Waals surface area contributed by atoms with Crippen LogP contribution in [0.15, 0.2) is 0 Å². The van der Waals surface area contributed by atoms with Crippen LogP contribution in [0.4, 0.5) is 0 Å². The normalized spacial score (nSPS) is 17.6. The summed E-state index contributed by atoms with van der Waals surface area (Å²) < 4.78 is 4.35. The molecule has 0 bridgehead atoms. The maximum Gasteiger partial charge on any atom is 0.337 e. The molecule has 0 radical (unpaired) electrons. The van der Waals surface area contributed by atoms with Crippen LogP contribution in [0.25, 0.3) is 0 Å². The Labute approximate surface area is 126 Å². The van der Waals surface area contributed by atoms with Crippen molar-refractivity contribution in [2.75, 3.05) is 7.11 Å². The SMILES string of the molecule is CCC(C(=O)O)C(O)(C(=O)O)C(CC)(CC(=O)OC)C(=O)O. The van der Waals surface area contributed by atoms with Crippen molar-refractivity contribution in [3.8, 4) is 0 Å². The number of hydrogen-bond donors (Lipinski definition) is 4. The van der Waals surface area contributed by atoms with Gasteiger partial charge in [0, 0.05) is 0 Å². The minimum Gasteiger partial charge on any atom is -0.481 e. The van der Waals surface area contributed by atoms with Crippen LogP contribution in [-0.2, 0) is 23.9 Å². The van der Waals surface area contributed by atoms with Crippen LogP contribution in [0.1, 0.15) is 33.1 Å². The van der Waals surface area contributed by atoms with Gasteiger partial charge in [0.2, 0.25) is 0 Å². The zero-order valence-corrected chi connectivity index (χ0v) is 12.5. The number of rotatable bonds is 9. The standard InChI is InChI=1S/C13H20O9/c1-4-7(9(15)16)13(21,11(19)20)12(5-2,10(17)18)6-8(14)22-3/h7,21H,4-6H2,1-3H3,(H,15,16)(H,17,18)(H,19,20). The Balaban J connectivity index is 6.43. The van der Waals surface area contributed by atoms with E-state index in [0.717, 1.165) is 7.11 Å². The van der Waals surface area contributed by atoms with Gasteiger partial charge in [-0.05, 0) is 12.8 Å². The van der Waals surface area contributed by atoms with Crippen molar-refractivity contribution < 1.29 is 44.3 Å². The molecule has 0 aromatic carbocycles. The number of carboxylic acid groups (broad SMARTS) is 3. The summed E-state index contributed by atoms with van der Waals surface area (Å²) in [5.74, 6) is -8.45. The molecule has 0 aliphatic heterocycles. The fraction of sp³-hybridized carbons (Fsp3) is 0.692. The van der Waals surface area contributed by atoms with Gasteiger partial charge in [-0.25, -0.2) is 4.79 Å². The Hall–Kier alpha value is -2.16. The highest BCUT2D eigenvalue weighted by molar-refractivity contribution is 5.95. The summed E-state index contributed by atoms with van der Waals surface area (Å²) in [4.78, 5) is 46.0. The summed E-state index contributed by atoms with van der Waals surface area (Å²) in [6.45, 7) is 2.55. The highest BCUT2D eigenvalue weighted by Crippen LogP contribution is 2.45. The minimum absolute atomic E-state index is 0.339. The molecular weight excluding hydrogens is 300 g/mol. The second-order valence-electron chi connectivity index (χ2n) is 4.86. The lowest BCUT2D eigenvalue weighted by atomic mass is 9.61. The van der Waals surface area contributed by atoms with Gasteiger partial charge >= 0.3 is 23.9 Å². The zero-order chi connectivity index (χ0) is 17.7. The lowest BCUT2D eigenvalue weighted by Gasteiger charge is -2.43. The van der Waals surface area contributed by atoms with Crippen LogP contribution in [0.2, 0.25) is 0 Å². The average molecular weight is 320 g/mol. The Morgan fingerprint density at radius 1 is 1.05 bits per heavy atom. The summed E-state index contributed by atoms with van der Waals surface area (Å²) >= 11 is 0. The summed E-state index contributed by atoms with van der Waals surface area (Å²) in [5, 5.41) is 38.5. The van der Waals surface area contributed by atoms with E-state index in [1.807, 2.05) is 0 Å². The summed E-state index contributed by atoms with van der Waals surface area (Å²) in [5.41, 5.74) is -5.71. The smallest absolute Gasteiger partial charge is 0.337 e. The van der Waals surface area contributed by atoms with Gasteiger partial charge in [0.1, 0.15) is 5.41 Å². The Bertz CT molecular complexity index is 472. The Morgan fingerprint density at radius 3 is 1.77 bits per heavy atom. The number of carbonyl (C=O) groups excluding carboxylic acids is 1. The monoisotopic (exact) mass is 320 g/mol. The highest BCUT2D eigenvalue weighted by atomic mass is 16.5. The van der Waals surface area contributed by atoms with Crippen molar-refractivity contribution in [3.63, 3.8) is 0 Å². The number of methoxy groups -OCH3 is 1. The van der Waals surface area contributed by atoms with E-state index in [0.29, 0.717) is 0 Å². The number of ether oxygens (including phenoxy) is 1. The molecule has 0 fully saturated rings. The predicted molar refractivity (Wildman–Crippen MR) is 71.0 cm³/mol. The third kappa shape index (κ3) is 3.03. The van der Waals surface area contributed by atoms with Crippen molar-refractivity contribution >= 4 is 23.9 Å². The van der Waals surface area contributed by atoms with Gasteiger partial charge in [0.05, 0.1) is 19.4 Å². The molecule has 0 spiro atoms. The van der Waals surface area contributed by atoms with E-state index in [1.165, 1.54) is 13.8 Å². The van der Waals surface area contributed by atoms with E-state index in [-0.39, 0.29) is 6.42 Å². The van der Waals surface area contributed by atoms with Crippen LogP contribution in [0.5, 0.6) is 0 Å². The molecule has 0 aliphatic carbocycles. The molecule has 4 N–H and O–H groups in total. The average Bonchev–Trinajstić information content (AvgIpc) is 2.43. The van der Waals surface area contributed by atoms with Crippen molar-refractivity contribution in [3.05, 3.63) is 0 Å². The van der Waals surface area contributed by atoms with Gasteiger partial charge in [-0.15, -0.1) is 0 Å². The van der Waals surface area contributed by atoms with Crippen molar-refractivity contribution in [1.29, 1.82) is 0 Å². The van der Waals surface area contributed by atoms with Crippen LogP contribution < -0.4 is 0 Å². The van der Waals surface area contributed by atoms with E-state index in [2.05, 4.69) is 4.74 Å². The molecule has 0 heterocycles. The van der Waals surface area contributed by atoms with Gasteiger partial charge in [0.25, 0.3) is 0 Å². The number of aliphatic carboxylic acids is 3. The van der Waals surface area contributed by atoms with E-state index in [9.17, 15) is 34.5 Å². The third-order valence-corrected chi connectivity index (χ3v) is 3.95. The molecule has 0 saturated carbocycles. The maximum atomic E-state index is 11.7. The molecule has 3 atom stereocenters. The molecule has 0 saturated heterocycles. The first-order valence-corrected chi connectivity index (χ1v) is 6.53. The Kier molecular flexibility index (Phi) is 6.50. The fourth-order valence-corrected chi connectivity index (χ4v) is 2.57. The maximum absolute atomic E-state index is 11.7. The van der Waals surface area contributed by atoms with Crippen molar-refractivity contribution in [1.82, 2.24) is 0 Å². The highest BCUT2D eigenvalue weighted by Gasteiger charge is 2.66. The Morgan fingerprint density at radius 2 is 1.55 bits per heavy atom. The van der Waals surface area contributed by atoms with Crippen molar-refractivity contribution in [2.24, 2.45) is 11.3 Å². The summed E-state index contributed by atoms with van der Waals surface area (Å²) in [6.07, 6.45) is -1.79. The molecule has 3 unspecified atom stereocenters. The van der Waals surface area contributed by atoms with E-state index in [4.69, 9.17) is 5.11 Å². The van der Waals surface area contributed by atoms with Gasteiger partial charge in [0.15, 0.2) is 5.60 Å². The topological polar surface area (TPSA) is 158 Å². The number of carboxylic acids is 3. The largest absolute Gasteiger partial charge is 0.481 e. The fourth-order valence-electron chi connectivity index (χ4n) is 2.57. The molecular formula is C13H20O9. The number of aliphatic hydroxyl groups is 1. The zero-order valence-electron chi connectivity index (χ0n) is 12.5. The van der Waals surface area contributed by atoms with Crippen LogP contribution in [0, 0.1) is 11.3 Å². The second-order valence-corrected chi connectivity index (χ2v) is 4.86. The molecule has 0 aromatic rings. The lowest BCUT2D eigenvalue weighted by Crippen LogP contribution is -2.64. The first-order chi connectivity index (χ1) is 10.0. The summed E-state index contributed by atoms with van der Waals surface area (Å²) in [6, 6.07) is 0. The number of carbonyl (C=O) groups is 4. The molecule has 0 amide bonds. The minimum atomic E-state index is -3.18. The van der Waals surface area contributed by atoms with Crippen LogP contribution in [0.3, 0.4) is 0 Å². The van der Waals surface area contributed by atoms with E-state index >= 15 is 0 Å². The first kappa shape index (κ1) is 19.8. The lowest BCUT2D eigenvalue weighted by molar-refractivity contribution is -0.208. The summed E-state index contributed by atoms with van der Waals surface area (Å²) in [7, 11) is 0.971. The third-order valence-electron chi connectivity index (χ3n) is 3.95. The quantitative estimate of drug-likeness (QED) is 0.427. The first-order valence-electron chi connectivity index (χ1n) is 6.53. The molecule has 22 heavy (non-hydrogen) atoms. The predicted octanol–water partition coefficient (Wildman–Crippen LogP) is -0.0430. The number of hydrogen-bond acceptors (Lipinski definition) is 6. The molecule has 0 aliphatic rings. The van der Waals surface area contributed by atoms with Gasteiger partial charge in [-0.2, -0.15) is 0 Å². The van der Waals surface area contributed by atoms with Crippen molar-refractivity contribution in [2.45, 2.75) is 38.7 Å². The van der Waals surface area contributed by atoms with Crippen LogP contribution in [-0.4, -0.2) is 57.0 Å². The van der Waals surface area contributed by atoms with Gasteiger partial charge in [-0.1, -0.05) is 13.8 Å². The van der Waals surface area contributed by atoms with E-state index < -0.39 is 53.7 Å². The molecule has 0 rings (SSSR count). The van der Waals surface area contributed by atoms with Crippen LogP contribution >= 0.6 is 0 Å².